The van der Waals surface area contributed by atoms with Crippen molar-refractivity contribution < 1.29 is 19.4 Å². The number of hydrogen-bond acceptors (Lipinski definition) is 4. The van der Waals surface area contributed by atoms with Crippen LogP contribution < -0.4 is 4.74 Å². The normalized spacial score (nSPS) is 30.6. The lowest BCUT2D eigenvalue weighted by Gasteiger charge is -2.49. The fraction of sp³-hybridized carbons (Fsp3) is 0.406. The van der Waals surface area contributed by atoms with Gasteiger partial charge in [0, 0.05) is 5.41 Å². The van der Waals surface area contributed by atoms with Crippen LogP contribution in [0.1, 0.15) is 65.6 Å². The van der Waals surface area contributed by atoms with E-state index in [1.807, 2.05) is 36.4 Å². The van der Waals surface area contributed by atoms with Crippen molar-refractivity contribution >= 4 is 5.97 Å². The van der Waals surface area contributed by atoms with Crippen molar-refractivity contribution in [2.75, 3.05) is 0 Å². The maximum absolute atomic E-state index is 12.7. The summed E-state index contributed by atoms with van der Waals surface area (Å²) in [5, 5.41) is 11.3. The Kier molecular flexibility index (Phi) is 6.08. The summed E-state index contributed by atoms with van der Waals surface area (Å²) < 4.78 is 12.0. The van der Waals surface area contributed by atoms with Crippen molar-refractivity contribution in [3.05, 3.63) is 101 Å². The number of fused-ring (bicyclic) bond motifs is 5. The molecule has 0 spiro atoms. The van der Waals surface area contributed by atoms with E-state index in [2.05, 4.69) is 37.3 Å². The number of aliphatic hydroxyl groups is 1. The summed E-state index contributed by atoms with van der Waals surface area (Å²) in [7, 11) is 0. The maximum Gasteiger partial charge on any atom is 0.338 e. The number of aryl methyl sites for hydroxylation is 1. The predicted octanol–water partition coefficient (Wildman–Crippen LogP) is 6.32. The van der Waals surface area contributed by atoms with Crippen LogP contribution in [0, 0.1) is 17.3 Å². The molecule has 1 N–H and O–H groups in total. The number of aliphatic hydroxyl groups excluding tert-OH is 1. The third-order valence-corrected chi connectivity index (χ3v) is 9.17. The smallest absolute Gasteiger partial charge is 0.338 e. The van der Waals surface area contributed by atoms with Gasteiger partial charge in [0.1, 0.15) is 18.5 Å². The highest BCUT2D eigenvalue weighted by Gasteiger charge is 2.59. The van der Waals surface area contributed by atoms with Crippen LogP contribution in [0.3, 0.4) is 0 Å². The summed E-state index contributed by atoms with van der Waals surface area (Å²) in [6, 6.07) is 26.0. The zero-order valence-corrected chi connectivity index (χ0v) is 20.8. The Morgan fingerprint density at radius 1 is 1.00 bits per heavy atom. The molecule has 3 aliphatic carbocycles. The summed E-state index contributed by atoms with van der Waals surface area (Å²) in [6.07, 6.45) is 3.82. The van der Waals surface area contributed by atoms with Gasteiger partial charge in [-0.05, 0) is 90.8 Å². The Balaban J connectivity index is 1.17. The summed E-state index contributed by atoms with van der Waals surface area (Å²) in [5.41, 5.74) is 4.35. The number of esters is 1. The van der Waals surface area contributed by atoms with Gasteiger partial charge in [0.15, 0.2) is 0 Å². The number of hydrogen-bond donors (Lipinski definition) is 1. The van der Waals surface area contributed by atoms with Gasteiger partial charge in [-0.15, -0.1) is 0 Å². The average Bonchev–Trinajstić information content (AvgIpc) is 3.18. The zero-order chi connectivity index (χ0) is 24.7. The zero-order valence-electron chi connectivity index (χ0n) is 20.8. The lowest BCUT2D eigenvalue weighted by atomic mass is 9.55. The first-order chi connectivity index (χ1) is 17.5. The van der Waals surface area contributed by atoms with Crippen LogP contribution in [-0.4, -0.2) is 23.3 Å². The van der Waals surface area contributed by atoms with Crippen molar-refractivity contribution in [2.45, 2.75) is 63.8 Å². The molecule has 3 aromatic carbocycles. The molecule has 0 aromatic heterocycles. The highest BCUT2D eigenvalue weighted by atomic mass is 16.6. The number of benzene rings is 3. The minimum Gasteiger partial charge on any atom is -0.489 e. The van der Waals surface area contributed by atoms with E-state index in [0.717, 1.165) is 37.9 Å². The molecule has 36 heavy (non-hydrogen) atoms. The van der Waals surface area contributed by atoms with Gasteiger partial charge in [0.05, 0.1) is 11.7 Å². The van der Waals surface area contributed by atoms with Crippen molar-refractivity contribution in [1.29, 1.82) is 0 Å². The number of ether oxygens (including phenoxy) is 2. The second-order valence-electron chi connectivity index (χ2n) is 11.1. The monoisotopic (exact) mass is 482 g/mol. The quantitative estimate of drug-likeness (QED) is 0.433. The second-order valence-corrected chi connectivity index (χ2v) is 11.1. The van der Waals surface area contributed by atoms with Gasteiger partial charge in [-0.25, -0.2) is 4.79 Å². The van der Waals surface area contributed by atoms with Crippen LogP contribution in [-0.2, 0) is 17.8 Å². The van der Waals surface area contributed by atoms with E-state index in [1.54, 1.807) is 12.1 Å². The third kappa shape index (κ3) is 4.12. The maximum atomic E-state index is 12.7. The highest BCUT2D eigenvalue weighted by Crippen LogP contribution is 2.61. The first kappa shape index (κ1) is 23.3. The molecule has 0 amide bonds. The van der Waals surface area contributed by atoms with E-state index in [4.69, 9.17) is 9.47 Å². The Labute approximate surface area is 213 Å². The lowest BCUT2D eigenvalue weighted by Crippen LogP contribution is -2.45. The van der Waals surface area contributed by atoms with E-state index in [-0.39, 0.29) is 11.4 Å². The highest BCUT2D eigenvalue weighted by molar-refractivity contribution is 5.89. The molecule has 4 heteroatoms. The second kappa shape index (κ2) is 9.40. The fourth-order valence-electron chi connectivity index (χ4n) is 7.24. The van der Waals surface area contributed by atoms with Crippen molar-refractivity contribution in [3.63, 3.8) is 0 Å². The number of carbonyl (C=O) groups excluding carboxylic acids is 1. The molecule has 0 unspecified atom stereocenters. The summed E-state index contributed by atoms with van der Waals surface area (Å²) in [6.45, 7) is 2.79. The Morgan fingerprint density at radius 2 is 1.75 bits per heavy atom. The SMILES string of the molecule is C[C@]12CC[C@@H]3c4ccc(OCc5ccccc5)cc4CC[C@H]3[C@@H]1C[C@H](OC(=O)c1ccccc1)[C@@H]2O. The number of rotatable bonds is 5. The third-order valence-electron chi connectivity index (χ3n) is 9.17. The molecule has 4 nitrogen and oxygen atoms in total. The van der Waals surface area contributed by atoms with Crippen LogP contribution in [0.25, 0.3) is 0 Å². The van der Waals surface area contributed by atoms with E-state index in [0.29, 0.717) is 29.9 Å². The van der Waals surface area contributed by atoms with Gasteiger partial charge >= 0.3 is 5.97 Å². The van der Waals surface area contributed by atoms with Gasteiger partial charge in [-0.2, -0.15) is 0 Å². The molecule has 6 rings (SSSR count). The Bertz CT molecular complexity index is 1220. The van der Waals surface area contributed by atoms with Crippen LogP contribution >= 0.6 is 0 Å². The number of carbonyl (C=O) groups is 1. The largest absolute Gasteiger partial charge is 0.489 e. The lowest BCUT2D eigenvalue weighted by molar-refractivity contribution is -0.0583. The molecule has 0 saturated heterocycles. The van der Waals surface area contributed by atoms with E-state index >= 15 is 0 Å². The van der Waals surface area contributed by atoms with E-state index in [1.165, 1.54) is 16.7 Å². The topological polar surface area (TPSA) is 55.8 Å². The van der Waals surface area contributed by atoms with E-state index in [9.17, 15) is 9.90 Å². The molecule has 0 aliphatic heterocycles. The molecule has 0 radical (unpaired) electrons. The summed E-state index contributed by atoms with van der Waals surface area (Å²) in [5.74, 6) is 1.94. The fourth-order valence-corrected chi connectivity index (χ4v) is 7.24. The molecule has 3 aromatic rings. The summed E-state index contributed by atoms with van der Waals surface area (Å²) in [4.78, 5) is 12.7. The van der Waals surface area contributed by atoms with Gasteiger partial charge < -0.3 is 14.6 Å². The van der Waals surface area contributed by atoms with Crippen molar-refractivity contribution in [1.82, 2.24) is 0 Å². The standard InChI is InChI=1S/C32H34O4/c1-32-17-16-26-25-15-13-24(35-20-21-8-4-2-5-9-21)18-23(25)12-14-27(26)28(32)19-29(30(32)33)36-31(34)22-10-6-3-7-11-22/h2-11,13,15,18,26-30,33H,12,14,16-17,19-20H2,1H3/t26-,27-,28+,29+,30+,32+/m1/s1. The van der Waals surface area contributed by atoms with Gasteiger partial charge in [-0.3, -0.25) is 0 Å². The molecule has 6 atom stereocenters. The van der Waals surface area contributed by atoms with Crippen LogP contribution in [0.4, 0.5) is 0 Å². The van der Waals surface area contributed by atoms with Crippen LogP contribution in [0.15, 0.2) is 78.9 Å². The predicted molar refractivity (Wildman–Crippen MR) is 139 cm³/mol. The van der Waals surface area contributed by atoms with Gasteiger partial charge in [0.25, 0.3) is 0 Å². The molecular formula is C32H34O4. The first-order valence-electron chi connectivity index (χ1n) is 13.3. The van der Waals surface area contributed by atoms with Gasteiger partial charge in [0.2, 0.25) is 0 Å². The van der Waals surface area contributed by atoms with E-state index < -0.39 is 12.2 Å². The Hall–Kier alpha value is -3.11. The minimum absolute atomic E-state index is 0.209. The van der Waals surface area contributed by atoms with Gasteiger partial charge in [-0.1, -0.05) is 61.5 Å². The van der Waals surface area contributed by atoms with Crippen molar-refractivity contribution in [2.24, 2.45) is 17.3 Å². The molecular weight excluding hydrogens is 448 g/mol. The molecule has 0 bridgehead atoms. The minimum atomic E-state index is -0.619. The van der Waals surface area contributed by atoms with Crippen molar-refractivity contribution in [3.8, 4) is 5.75 Å². The molecule has 2 saturated carbocycles. The molecule has 186 valence electrons. The molecule has 2 fully saturated rings. The average molecular weight is 483 g/mol. The first-order valence-corrected chi connectivity index (χ1v) is 13.3. The van der Waals surface area contributed by atoms with Crippen LogP contribution in [0.2, 0.25) is 0 Å². The Morgan fingerprint density at radius 3 is 2.53 bits per heavy atom. The van der Waals surface area contributed by atoms with Crippen LogP contribution in [0.5, 0.6) is 5.75 Å². The molecule has 3 aliphatic rings. The molecule has 0 heterocycles. The summed E-state index contributed by atoms with van der Waals surface area (Å²) >= 11 is 0.